The number of para-hydroxylation sites is 1. The van der Waals surface area contributed by atoms with E-state index in [9.17, 15) is 4.79 Å². The maximum absolute atomic E-state index is 13.3. The molecule has 0 radical (unpaired) electrons. The Morgan fingerprint density at radius 3 is 2.43 bits per heavy atom. The van der Waals surface area contributed by atoms with E-state index < -0.39 is 0 Å². The van der Waals surface area contributed by atoms with E-state index in [0.717, 1.165) is 48.4 Å². The number of hydrogen-bond acceptors (Lipinski definition) is 3. The Hall–Kier alpha value is -3.27. The fraction of sp³-hybridized carbons (Fsp3) is 0.269. The lowest BCUT2D eigenvalue weighted by atomic mass is 10.0. The second kappa shape index (κ2) is 9.49. The quantitative estimate of drug-likeness (QED) is 0.495. The van der Waals surface area contributed by atoms with E-state index >= 15 is 0 Å². The number of unbranched alkanes of at least 4 members (excludes halogenated alkanes) is 1. The first kappa shape index (κ1) is 20.0. The van der Waals surface area contributed by atoms with Crippen molar-refractivity contribution in [2.75, 3.05) is 18.5 Å². The number of amides is 1. The van der Waals surface area contributed by atoms with Crippen molar-refractivity contribution in [3.05, 3.63) is 95.6 Å². The maximum Gasteiger partial charge on any atom is 0.257 e. The second-order valence-electron chi connectivity index (χ2n) is 7.60. The van der Waals surface area contributed by atoms with Gasteiger partial charge in [0.2, 0.25) is 0 Å². The molecule has 154 valence electrons. The minimum absolute atomic E-state index is 0.0635. The van der Waals surface area contributed by atoms with Gasteiger partial charge in [0.1, 0.15) is 11.9 Å². The van der Waals surface area contributed by atoms with E-state index in [2.05, 4.69) is 36.5 Å². The molecule has 30 heavy (non-hydrogen) atoms. The van der Waals surface area contributed by atoms with Crippen molar-refractivity contribution in [3.8, 4) is 5.75 Å². The molecule has 0 fully saturated rings. The van der Waals surface area contributed by atoms with Crippen LogP contribution < -0.4 is 10.1 Å². The first-order valence-electron chi connectivity index (χ1n) is 10.7. The molecule has 4 heteroatoms. The van der Waals surface area contributed by atoms with Crippen LogP contribution in [-0.2, 0) is 6.42 Å². The van der Waals surface area contributed by atoms with Crippen LogP contribution in [0.3, 0.4) is 0 Å². The van der Waals surface area contributed by atoms with E-state index in [1.54, 1.807) is 0 Å². The lowest BCUT2D eigenvalue weighted by Gasteiger charge is -2.38. The van der Waals surface area contributed by atoms with Gasteiger partial charge in [0.05, 0.1) is 12.2 Å². The van der Waals surface area contributed by atoms with Crippen LogP contribution in [0.5, 0.6) is 5.75 Å². The van der Waals surface area contributed by atoms with Gasteiger partial charge in [-0.05, 0) is 48.2 Å². The molecular weight excluding hydrogens is 372 g/mol. The van der Waals surface area contributed by atoms with Gasteiger partial charge < -0.3 is 15.0 Å². The first-order valence-corrected chi connectivity index (χ1v) is 10.7. The lowest BCUT2D eigenvalue weighted by Crippen LogP contribution is -2.43. The molecule has 1 heterocycles. The third-order valence-corrected chi connectivity index (χ3v) is 5.47. The van der Waals surface area contributed by atoms with E-state index in [1.807, 2.05) is 59.5 Å². The molecule has 0 aliphatic carbocycles. The van der Waals surface area contributed by atoms with Crippen LogP contribution in [0.4, 0.5) is 5.69 Å². The van der Waals surface area contributed by atoms with Crippen molar-refractivity contribution in [2.45, 2.75) is 32.4 Å². The summed E-state index contributed by atoms with van der Waals surface area (Å²) in [6.45, 7) is 3.52. The number of carbonyl (C=O) groups is 1. The van der Waals surface area contributed by atoms with Crippen LogP contribution in [0.15, 0.2) is 78.9 Å². The monoisotopic (exact) mass is 400 g/mol. The number of hydrogen-bond donors (Lipinski definition) is 1. The van der Waals surface area contributed by atoms with Gasteiger partial charge in [-0.1, -0.05) is 67.9 Å². The smallest absolute Gasteiger partial charge is 0.257 e. The molecule has 1 amide bonds. The number of nitrogens with one attached hydrogen (secondary N) is 1. The molecule has 0 spiro atoms. The minimum atomic E-state index is -0.208. The number of benzene rings is 3. The number of anilines is 1. The van der Waals surface area contributed by atoms with Gasteiger partial charge in [0.25, 0.3) is 5.91 Å². The molecule has 1 aliphatic heterocycles. The van der Waals surface area contributed by atoms with E-state index in [0.29, 0.717) is 6.54 Å². The Morgan fingerprint density at radius 2 is 1.67 bits per heavy atom. The van der Waals surface area contributed by atoms with Crippen molar-refractivity contribution in [1.29, 1.82) is 0 Å². The van der Waals surface area contributed by atoms with Gasteiger partial charge in [-0.15, -0.1) is 0 Å². The van der Waals surface area contributed by atoms with E-state index in [1.165, 1.54) is 5.56 Å². The summed E-state index contributed by atoms with van der Waals surface area (Å²) in [5.41, 5.74) is 3.88. The lowest BCUT2D eigenvalue weighted by molar-refractivity contribution is 0.0685. The normalized spacial score (nSPS) is 15.4. The molecule has 0 saturated carbocycles. The number of nitrogens with zero attached hydrogens (tertiary/aromatic N) is 1. The van der Waals surface area contributed by atoms with Crippen molar-refractivity contribution in [3.63, 3.8) is 0 Å². The van der Waals surface area contributed by atoms with E-state index in [-0.39, 0.29) is 12.1 Å². The Labute approximate surface area is 178 Å². The van der Waals surface area contributed by atoms with Crippen LogP contribution in [0.2, 0.25) is 0 Å². The molecular formula is C26H28N2O2. The Balaban J connectivity index is 1.57. The van der Waals surface area contributed by atoms with Crippen LogP contribution in [0.1, 0.15) is 47.4 Å². The second-order valence-corrected chi connectivity index (χ2v) is 7.60. The molecule has 0 aromatic heterocycles. The summed E-state index contributed by atoms with van der Waals surface area (Å²) < 4.78 is 5.80. The van der Waals surface area contributed by atoms with Crippen LogP contribution in [-0.4, -0.2) is 24.0 Å². The summed E-state index contributed by atoms with van der Waals surface area (Å²) in [5.74, 6) is 0.930. The molecule has 1 atom stereocenters. The Morgan fingerprint density at radius 1 is 0.933 bits per heavy atom. The maximum atomic E-state index is 13.3. The van der Waals surface area contributed by atoms with Gasteiger partial charge in [-0.2, -0.15) is 0 Å². The van der Waals surface area contributed by atoms with Crippen LogP contribution in [0, 0.1) is 0 Å². The number of rotatable bonds is 8. The summed E-state index contributed by atoms with van der Waals surface area (Å²) in [7, 11) is 0. The Kier molecular flexibility index (Phi) is 6.33. The molecule has 0 bridgehead atoms. The fourth-order valence-electron chi connectivity index (χ4n) is 3.76. The van der Waals surface area contributed by atoms with Crippen molar-refractivity contribution in [1.82, 2.24) is 4.90 Å². The van der Waals surface area contributed by atoms with Gasteiger partial charge in [-0.25, -0.2) is 0 Å². The predicted octanol–water partition coefficient (Wildman–Crippen LogP) is 5.67. The average molecular weight is 401 g/mol. The molecule has 4 nitrogen and oxygen atoms in total. The SMILES string of the molecule is CCCCOc1ccc(C2Nc3ccccc3C(=O)N2CCc2ccccc2)cc1. The Bertz CT molecular complexity index is 970. The average Bonchev–Trinajstić information content (AvgIpc) is 2.80. The highest BCUT2D eigenvalue weighted by Gasteiger charge is 2.32. The topological polar surface area (TPSA) is 41.6 Å². The summed E-state index contributed by atoms with van der Waals surface area (Å²) in [4.78, 5) is 15.3. The minimum Gasteiger partial charge on any atom is -0.494 e. The zero-order chi connectivity index (χ0) is 20.8. The summed E-state index contributed by atoms with van der Waals surface area (Å²) >= 11 is 0. The molecule has 1 aliphatic rings. The number of ether oxygens (including phenoxy) is 1. The first-order chi connectivity index (χ1) is 14.8. The third-order valence-electron chi connectivity index (χ3n) is 5.47. The molecule has 0 saturated heterocycles. The van der Waals surface area contributed by atoms with E-state index in [4.69, 9.17) is 4.74 Å². The van der Waals surface area contributed by atoms with Gasteiger partial charge in [0.15, 0.2) is 0 Å². The molecule has 1 N–H and O–H groups in total. The fourth-order valence-corrected chi connectivity index (χ4v) is 3.76. The zero-order valence-corrected chi connectivity index (χ0v) is 17.4. The van der Waals surface area contributed by atoms with Crippen LogP contribution >= 0.6 is 0 Å². The highest BCUT2D eigenvalue weighted by atomic mass is 16.5. The largest absolute Gasteiger partial charge is 0.494 e. The molecule has 4 rings (SSSR count). The molecule has 3 aromatic carbocycles. The summed E-state index contributed by atoms with van der Waals surface area (Å²) in [5, 5.41) is 3.57. The third kappa shape index (κ3) is 4.48. The molecule has 3 aromatic rings. The van der Waals surface area contributed by atoms with Gasteiger partial charge >= 0.3 is 0 Å². The van der Waals surface area contributed by atoms with Crippen molar-refractivity contribution < 1.29 is 9.53 Å². The molecule has 1 unspecified atom stereocenters. The van der Waals surface area contributed by atoms with Gasteiger partial charge in [-0.3, -0.25) is 4.79 Å². The van der Waals surface area contributed by atoms with Gasteiger partial charge in [0, 0.05) is 12.2 Å². The summed E-state index contributed by atoms with van der Waals surface area (Å²) in [6.07, 6.45) is 2.76. The summed E-state index contributed by atoms with van der Waals surface area (Å²) in [6, 6.07) is 26.1. The zero-order valence-electron chi connectivity index (χ0n) is 17.4. The number of fused-ring (bicyclic) bond motifs is 1. The van der Waals surface area contributed by atoms with Crippen LogP contribution in [0.25, 0.3) is 0 Å². The highest BCUT2D eigenvalue weighted by Crippen LogP contribution is 2.33. The van der Waals surface area contributed by atoms with Crippen molar-refractivity contribution in [2.24, 2.45) is 0 Å². The highest BCUT2D eigenvalue weighted by molar-refractivity contribution is 6.01. The predicted molar refractivity (Wildman–Crippen MR) is 121 cm³/mol. The standard InChI is InChI=1S/C26H28N2O2/c1-2-3-19-30-22-15-13-21(14-16-22)25-27-24-12-8-7-11-23(24)26(29)28(25)18-17-20-9-5-4-6-10-20/h4-16,25,27H,2-3,17-19H2,1H3. The van der Waals surface area contributed by atoms with Crippen molar-refractivity contribution >= 4 is 11.6 Å². The number of carbonyl (C=O) groups excluding carboxylic acids is 1.